The van der Waals surface area contributed by atoms with Crippen LogP contribution in [0.2, 0.25) is 0 Å². The van der Waals surface area contributed by atoms with Crippen LogP contribution in [0.15, 0.2) is 18.2 Å². The van der Waals surface area contributed by atoms with E-state index in [1.54, 1.807) is 0 Å². The zero-order valence-corrected chi connectivity index (χ0v) is 10.2. The highest BCUT2D eigenvalue weighted by Gasteiger charge is 2.29. The average Bonchev–Trinajstić information content (AvgIpc) is 3.10. The molecule has 1 aromatic rings. The first kappa shape index (κ1) is 13.3. The Morgan fingerprint density at radius 3 is 2.58 bits per heavy atom. The number of halogens is 1. The van der Waals surface area contributed by atoms with Gasteiger partial charge in [0.05, 0.1) is 5.56 Å². The minimum atomic E-state index is -1.13. The number of carboxylic acids is 1. The molecule has 0 bridgehead atoms. The number of aliphatic carboxylic acids is 1. The molecule has 2 rings (SSSR count). The number of hydrogen-bond donors (Lipinski definition) is 2. The summed E-state index contributed by atoms with van der Waals surface area (Å²) in [6.07, 6.45) is 1.92. The second-order valence-corrected chi connectivity index (χ2v) is 4.69. The predicted molar refractivity (Wildman–Crippen MR) is 64.3 cm³/mol. The van der Waals surface area contributed by atoms with E-state index in [0.29, 0.717) is 12.5 Å². The SMILES string of the molecule is O=C(O)CN(CC1CC1)C(=O)c1ccc(O)cc1F. The van der Waals surface area contributed by atoms with Gasteiger partial charge in [0, 0.05) is 12.6 Å². The third-order valence-corrected chi connectivity index (χ3v) is 2.97. The minimum Gasteiger partial charge on any atom is -0.508 e. The first-order chi connectivity index (χ1) is 8.97. The molecule has 1 saturated carbocycles. The van der Waals surface area contributed by atoms with Gasteiger partial charge >= 0.3 is 5.97 Å². The highest BCUT2D eigenvalue weighted by atomic mass is 19.1. The summed E-state index contributed by atoms with van der Waals surface area (Å²) in [5.74, 6) is -2.61. The molecule has 1 aliphatic carbocycles. The number of carbonyl (C=O) groups excluding carboxylic acids is 1. The standard InChI is InChI=1S/C13H14FNO4/c14-11-5-9(16)3-4-10(11)13(19)15(7-12(17)18)6-8-1-2-8/h3-5,8,16H,1-2,6-7H2,(H,17,18). The summed E-state index contributed by atoms with van der Waals surface area (Å²) >= 11 is 0. The lowest BCUT2D eigenvalue weighted by Crippen LogP contribution is -2.37. The van der Waals surface area contributed by atoms with Crippen molar-refractivity contribution in [3.63, 3.8) is 0 Å². The number of rotatable bonds is 5. The number of aromatic hydroxyl groups is 1. The van der Waals surface area contributed by atoms with Crippen molar-refractivity contribution in [3.8, 4) is 5.75 Å². The van der Waals surface area contributed by atoms with Crippen LogP contribution in [-0.4, -0.2) is 40.1 Å². The lowest BCUT2D eigenvalue weighted by molar-refractivity contribution is -0.137. The number of carboxylic acid groups (broad SMARTS) is 1. The topological polar surface area (TPSA) is 77.8 Å². The van der Waals surface area contributed by atoms with E-state index < -0.39 is 24.2 Å². The molecule has 0 spiro atoms. The van der Waals surface area contributed by atoms with Crippen molar-refractivity contribution in [1.82, 2.24) is 4.90 Å². The van der Waals surface area contributed by atoms with E-state index in [1.165, 1.54) is 6.07 Å². The molecule has 0 aromatic heterocycles. The Kier molecular flexibility index (Phi) is 3.69. The van der Waals surface area contributed by atoms with E-state index in [2.05, 4.69) is 0 Å². The summed E-state index contributed by atoms with van der Waals surface area (Å²) < 4.78 is 13.6. The number of phenols is 1. The molecule has 1 aromatic carbocycles. The van der Waals surface area contributed by atoms with Crippen molar-refractivity contribution in [3.05, 3.63) is 29.6 Å². The molecule has 0 saturated heterocycles. The monoisotopic (exact) mass is 267 g/mol. The Bertz CT molecular complexity index is 513. The number of hydrogen-bond acceptors (Lipinski definition) is 3. The van der Waals surface area contributed by atoms with Crippen molar-refractivity contribution in [2.75, 3.05) is 13.1 Å². The maximum Gasteiger partial charge on any atom is 0.323 e. The summed E-state index contributed by atoms with van der Waals surface area (Å²) in [6, 6.07) is 3.20. The first-order valence-electron chi connectivity index (χ1n) is 5.97. The van der Waals surface area contributed by atoms with Crippen LogP contribution in [0.25, 0.3) is 0 Å². The maximum absolute atomic E-state index is 13.6. The number of benzene rings is 1. The van der Waals surface area contributed by atoms with Gasteiger partial charge in [-0.15, -0.1) is 0 Å². The quantitative estimate of drug-likeness (QED) is 0.846. The zero-order valence-electron chi connectivity index (χ0n) is 10.2. The lowest BCUT2D eigenvalue weighted by Gasteiger charge is -2.20. The predicted octanol–water partition coefficient (Wildman–Crippen LogP) is 1.47. The fourth-order valence-corrected chi connectivity index (χ4v) is 1.84. The molecule has 0 atom stereocenters. The fourth-order valence-electron chi connectivity index (χ4n) is 1.84. The third kappa shape index (κ3) is 3.43. The molecule has 1 amide bonds. The van der Waals surface area contributed by atoms with Gasteiger partial charge in [-0.2, -0.15) is 0 Å². The van der Waals surface area contributed by atoms with Crippen molar-refractivity contribution in [2.24, 2.45) is 5.92 Å². The van der Waals surface area contributed by atoms with E-state index in [0.717, 1.165) is 29.9 Å². The Morgan fingerprint density at radius 1 is 1.37 bits per heavy atom. The Morgan fingerprint density at radius 2 is 2.05 bits per heavy atom. The molecule has 2 N–H and O–H groups in total. The summed E-state index contributed by atoms with van der Waals surface area (Å²) in [6.45, 7) is -0.124. The van der Waals surface area contributed by atoms with Crippen LogP contribution >= 0.6 is 0 Å². The van der Waals surface area contributed by atoms with Gasteiger partial charge in [0.25, 0.3) is 5.91 Å². The van der Waals surface area contributed by atoms with Crippen molar-refractivity contribution in [2.45, 2.75) is 12.8 Å². The second kappa shape index (κ2) is 5.26. The second-order valence-electron chi connectivity index (χ2n) is 4.69. The number of carbonyl (C=O) groups is 2. The van der Waals surface area contributed by atoms with Gasteiger partial charge in [-0.3, -0.25) is 9.59 Å². The van der Waals surface area contributed by atoms with Crippen LogP contribution < -0.4 is 0 Å². The maximum atomic E-state index is 13.6. The van der Waals surface area contributed by atoms with Crippen LogP contribution in [0.3, 0.4) is 0 Å². The highest BCUT2D eigenvalue weighted by molar-refractivity contribution is 5.96. The van der Waals surface area contributed by atoms with Gasteiger partial charge in [0.2, 0.25) is 0 Å². The smallest absolute Gasteiger partial charge is 0.323 e. The highest BCUT2D eigenvalue weighted by Crippen LogP contribution is 2.30. The summed E-state index contributed by atoms with van der Waals surface area (Å²) in [7, 11) is 0. The van der Waals surface area contributed by atoms with Gasteiger partial charge in [0.15, 0.2) is 0 Å². The van der Waals surface area contributed by atoms with Crippen LogP contribution in [0.5, 0.6) is 5.75 Å². The van der Waals surface area contributed by atoms with Crippen LogP contribution in [0.4, 0.5) is 4.39 Å². The molecule has 102 valence electrons. The van der Waals surface area contributed by atoms with Gasteiger partial charge in [-0.25, -0.2) is 4.39 Å². The average molecular weight is 267 g/mol. The Labute approximate surface area is 109 Å². The molecule has 1 aliphatic rings. The molecular formula is C13H14FNO4. The van der Waals surface area contributed by atoms with E-state index >= 15 is 0 Å². The van der Waals surface area contributed by atoms with Gasteiger partial charge in [-0.05, 0) is 30.9 Å². The number of phenolic OH excluding ortho intramolecular Hbond substituents is 1. The normalized spacial score (nSPS) is 14.2. The molecular weight excluding hydrogens is 253 g/mol. The Balaban J connectivity index is 2.19. The fraction of sp³-hybridized carbons (Fsp3) is 0.385. The molecule has 1 fully saturated rings. The molecule has 0 radical (unpaired) electrons. The zero-order chi connectivity index (χ0) is 14.0. The lowest BCUT2D eigenvalue weighted by atomic mass is 10.1. The number of amides is 1. The molecule has 19 heavy (non-hydrogen) atoms. The summed E-state index contributed by atoms with van der Waals surface area (Å²) in [5, 5.41) is 17.9. The van der Waals surface area contributed by atoms with Crippen molar-refractivity contribution in [1.29, 1.82) is 0 Å². The van der Waals surface area contributed by atoms with Gasteiger partial charge in [-0.1, -0.05) is 0 Å². The molecule has 5 nitrogen and oxygen atoms in total. The van der Waals surface area contributed by atoms with E-state index in [1.807, 2.05) is 0 Å². The molecule has 0 heterocycles. The van der Waals surface area contributed by atoms with E-state index in [4.69, 9.17) is 10.2 Å². The van der Waals surface area contributed by atoms with Crippen LogP contribution in [0, 0.1) is 11.7 Å². The van der Waals surface area contributed by atoms with Crippen molar-refractivity contribution < 1.29 is 24.2 Å². The largest absolute Gasteiger partial charge is 0.508 e. The minimum absolute atomic E-state index is 0.222. The van der Waals surface area contributed by atoms with E-state index in [-0.39, 0.29) is 11.3 Å². The van der Waals surface area contributed by atoms with Gasteiger partial charge in [0.1, 0.15) is 18.1 Å². The molecule has 6 heteroatoms. The first-order valence-corrected chi connectivity index (χ1v) is 5.97. The summed E-state index contributed by atoms with van der Waals surface area (Å²) in [4.78, 5) is 24.0. The van der Waals surface area contributed by atoms with E-state index in [9.17, 15) is 14.0 Å². The van der Waals surface area contributed by atoms with Crippen molar-refractivity contribution >= 4 is 11.9 Å². The molecule has 0 aliphatic heterocycles. The van der Waals surface area contributed by atoms with Crippen LogP contribution in [-0.2, 0) is 4.79 Å². The molecule has 0 unspecified atom stereocenters. The number of nitrogens with zero attached hydrogens (tertiary/aromatic N) is 1. The summed E-state index contributed by atoms with van der Waals surface area (Å²) in [5.41, 5.74) is -0.222. The third-order valence-electron chi connectivity index (χ3n) is 2.97. The van der Waals surface area contributed by atoms with Crippen LogP contribution in [0.1, 0.15) is 23.2 Å². The van der Waals surface area contributed by atoms with Gasteiger partial charge < -0.3 is 15.1 Å². The Hall–Kier alpha value is -2.11.